The Hall–Kier alpha value is -3.53. The number of imidazole rings is 1. The van der Waals surface area contributed by atoms with E-state index in [-0.39, 0.29) is 30.8 Å². The first-order chi connectivity index (χ1) is 23.7. The molecule has 14 nitrogen and oxygen atoms in total. The minimum atomic E-state index is -3.19. The number of Topliss-reactive ketones (excluding diaryl/α,β-unsaturated/α-hetero) is 2. The van der Waals surface area contributed by atoms with E-state index in [1.165, 1.54) is 39.7 Å². The third kappa shape index (κ3) is 11.2. The number of halogens is 1. The fourth-order valence-corrected chi connectivity index (χ4v) is 6.21. The van der Waals surface area contributed by atoms with Crippen molar-refractivity contribution >= 4 is 29.6 Å². The van der Waals surface area contributed by atoms with Gasteiger partial charge in [-0.3, -0.25) is 14.4 Å². The first-order valence-electron chi connectivity index (χ1n) is 17.2. The number of esters is 2. The van der Waals surface area contributed by atoms with Crippen LogP contribution in [0, 0.1) is 11.8 Å². The summed E-state index contributed by atoms with van der Waals surface area (Å²) in [5.41, 5.74) is -4.11. The molecule has 0 N–H and O–H groups in total. The minimum Gasteiger partial charge on any atom is -0.456 e. The van der Waals surface area contributed by atoms with Crippen LogP contribution < -0.4 is 0 Å². The summed E-state index contributed by atoms with van der Waals surface area (Å²) in [6.45, 7) is 13.3. The van der Waals surface area contributed by atoms with E-state index in [4.69, 9.17) is 28.4 Å². The van der Waals surface area contributed by atoms with Gasteiger partial charge in [-0.15, -0.1) is 0 Å². The predicted octanol–water partition coefficient (Wildman–Crippen LogP) is 4.47. The van der Waals surface area contributed by atoms with Crippen molar-refractivity contribution in [1.82, 2.24) is 14.5 Å². The Morgan fingerprint density at radius 1 is 1.16 bits per heavy atom. The number of carbonyl (C=O) groups is 5. The number of aromatic nitrogens is 2. The van der Waals surface area contributed by atoms with Crippen molar-refractivity contribution in [2.45, 2.75) is 130 Å². The molecule has 0 aliphatic carbocycles. The molecule has 0 amide bonds. The summed E-state index contributed by atoms with van der Waals surface area (Å²) in [5.74, 6) is -5.45. The average molecular weight is 726 g/mol. The number of likely N-dealkylation sites (N-methyl/N-ethyl adjacent to an activating group) is 1. The van der Waals surface area contributed by atoms with Crippen molar-refractivity contribution in [3.05, 3.63) is 30.4 Å². The molecular formula is C36H56FN3O11. The SMILES string of the molecule is C/C=C(/C)C(=O)[C@H](C)CC(C)(OC)[C@H](O[C@H]1O[C@H](C)C[C@H](N(C)C)[C@H]1OC(C)=O)[C@@H](C)C(=O)C(C)(F)C(=O)O[C@H](CC)COC(=O)n1ccnc1. The Bertz CT molecular complexity index is 1380. The molecule has 0 saturated carbocycles. The van der Waals surface area contributed by atoms with Crippen LogP contribution in [-0.4, -0.2) is 120 Å². The van der Waals surface area contributed by atoms with Gasteiger partial charge >= 0.3 is 18.0 Å². The highest BCUT2D eigenvalue weighted by Gasteiger charge is 2.54. The number of methoxy groups -OCH3 is 1. The normalized spacial score (nSPS) is 24.3. The lowest BCUT2D eigenvalue weighted by Crippen LogP contribution is -2.61. The number of ketones is 2. The molecule has 15 heteroatoms. The van der Waals surface area contributed by atoms with E-state index >= 15 is 4.39 Å². The van der Waals surface area contributed by atoms with Gasteiger partial charge in [0.25, 0.3) is 5.67 Å². The van der Waals surface area contributed by atoms with E-state index < -0.39 is 78.1 Å². The lowest BCUT2D eigenvalue weighted by Gasteiger charge is -2.47. The summed E-state index contributed by atoms with van der Waals surface area (Å²) in [7, 11) is 5.01. The zero-order chi connectivity index (χ0) is 38.8. The van der Waals surface area contributed by atoms with E-state index in [1.54, 1.807) is 40.7 Å². The van der Waals surface area contributed by atoms with Gasteiger partial charge in [0.2, 0.25) is 0 Å². The number of rotatable bonds is 18. The van der Waals surface area contributed by atoms with Crippen LogP contribution in [0.25, 0.3) is 0 Å². The van der Waals surface area contributed by atoms with E-state index in [1.807, 2.05) is 25.9 Å². The van der Waals surface area contributed by atoms with Gasteiger partial charge in [-0.1, -0.05) is 26.8 Å². The van der Waals surface area contributed by atoms with E-state index in [2.05, 4.69) is 4.98 Å². The Morgan fingerprint density at radius 2 is 1.80 bits per heavy atom. The van der Waals surface area contributed by atoms with Crippen LogP contribution in [0.2, 0.25) is 0 Å². The molecule has 0 spiro atoms. The largest absolute Gasteiger partial charge is 0.456 e. The van der Waals surface area contributed by atoms with Crippen molar-refractivity contribution in [3.8, 4) is 0 Å². The fraction of sp³-hybridized carbons (Fsp3) is 0.722. The molecular weight excluding hydrogens is 669 g/mol. The third-order valence-electron chi connectivity index (χ3n) is 9.43. The average Bonchev–Trinajstić information content (AvgIpc) is 3.63. The molecule has 0 bridgehead atoms. The summed E-state index contributed by atoms with van der Waals surface area (Å²) < 4.78 is 52.5. The van der Waals surface area contributed by atoms with Gasteiger partial charge in [0.05, 0.1) is 23.9 Å². The molecule has 1 aliphatic heterocycles. The molecule has 2 heterocycles. The van der Waals surface area contributed by atoms with Crippen LogP contribution >= 0.6 is 0 Å². The smallest absolute Gasteiger partial charge is 0.419 e. The van der Waals surface area contributed by atoms with Crippen LogP contribution in [0.1, 0.15) is 81.6 Å². The zero-order valence-electron chi connectivity index (χ0n) is 32.0. The summed E-state index contributed by atoms with van der Waals surface area (Å²) in [4.78, 5) is 70.7. The fourth-order valence-electron chi connectivity index (χ4n) is 6.21. The first-order valence-corrected chi connectivity index (χ1v) is 17.2. The third-order valence-corrected chi connectivity index (χ3v) is 9.43. The van der Waals surface area contributed by atoms with E-state index in [0.717, 1.165) is 11.5 Å². The summed E-state index contributed by atoms with van der Waals surface area (Å²) >= 11 is 0. The zero-order valence-corrected chi connectivity index (χ0v) is 32.0. The summed E-state index contributed by atoms with van der Waals surface area (Å²) in [6, 6.07) is -0.351. The number of nitrogens with zero attached hydrogens (tertiary/aromatic N) is 3. The van der Waals surface area contributed by atoms with Crippen LogP contribution in [-0.2, 0) is 47.6 Å². The highest BCUT2D eigenvalue weighted by molar-refractivity contribution is 6.07. The van der Waals surface area contributed by atoms with Crippen LogP contribution in [0.4, 0.5) is 9.18 Å². The lowest BCUT2D eigenvalue weighted by molar-refractivity contribution is -0.298. The number of carbonyl (C=O) groups excluding carboxylic acids is 5. The number of alkyl halides is 1. The van der Waals surface area contributed by atoms with Crippen molar-refractivity contribution in [3.63, 3.8) is 0 Å². The molecule has 0 radical (unpaired) electrons. The van der Waals surface area contributed by atoms with Crippen LogP contribution in [0.3, 0.4) is 0 Å². The topological polar surface area (TPSA) is 162 Å². The highest BCUT2D eigenvalue weighted by atomic mass is 19.1. The monoisotopic (exact) mass is 725 g/mol. The molecule has 288 valence electrons. The van der Waals surface area contributed by atoms with Crippen LogP contribution in [0.5, 0.6) is 0 Å². The molecule has 51 heavy (non-hydrogen) atoms. The molecule has 10 atom stereocenters. The maximum Gasteiger partial charge on any atom is 0.419 e. The van der Waals surface area contributed by atoms with Gasteiger partial charge in [-0.25, -0.2) is 23.5 Å². The maximum absolute atomic E-state index is 16.5. The van der Waals surface area contributed by atoms with Gasteiger partial charge in [0.15, 0.2) is 24.0 Å². The molecule has 1 fully saturated rings. The van der Waals surface area contributed by atoms with Gasteiger partial charge in [-0.2, -0.15) is 0 Å². The van der Waals surface area contributed by atoms with Crippen molar-refractivity contribution in [1.29, 1.82) is 0 Å². The second-order valence-electron chi connectivity index (χ2n) is 13.8. The first kappa shape index (κ1) is 43.6. The van der Waals surface area contributed by atoms with Crippen LogP contribution in [0.15, 0.2) is 30.4 Å². The molecule has 1 aliphatic rings. The predicted molar refractivity (Wildman–Crippen MR) is 183 cm³/mol. The van der Waals surface area contributed by atoms with E-state index in [0.29, 0.717) is 12.0 Å². The Morgan fingerprint density at radius 3 is 2.31 bits per heavy atom. The van der Waals surface area contributed by atoms with Crippen molar-refractivity contribution in [2.24, 2.45) is 11.8 Å². The summed E-state index contributed by atoms with van der Waals surface area (Å²) in [6.07, 6.45) is 0.575. The summed E-state index contributed by atoms with van der Waals surface area (Å²) in [5, 5.41) is 0. The van der Waals surface area contributed by atoms with E-state index in [9.17, 15) is 24.0 Å². The second-order valence-corrected chi connectivity index (χ2v) is 13.8. The quantitative estimate of drug-likeness (QED) is 0.0903. The molecule has 1 saturated heterocycles. The van der Waals surface area contributed by atoms with Crippen molar-refractivity contribution < 1.29 is 56.8 Å². The number of allylic oxidation sites excluding steroid dienone is 2. The molecule has 2 unspecified atom stereocenters. The Balaban J connectivity index is 2.49. The number of hydrogen-bond donors (Lipinski definition) is 0. The van der Waals surface area contributed by atoms with Gasteiger partial charge in [0, 0.05) is 38.3 Å². The van der Waals surface area contributed by atoms with Gasteiger partial charge in [0.1, 0.15) is 19.0 Å². The standard InChI is InChI=1S/C36H56FN3O11/c1-13-21(3)28(42)22(4)18-35(8,46-12)31(51-32-29(49-25(7)41)27(39(10)11)17-23(5)48-32)24(6)30(43)36(9,37)33(44)50-26(14-2)19-47-34(45)40-16-15-38-20-40/h13,15-16,20,22-24,26-27,29,31-32H,14,17-19H2,1-12H3/b21-13-/t22-,23-,24+,26-,27+,29-,31-,32-,35?,36?/m1/s1. The Labute approximate surface area is 300 Å². The number of hydrogen-bond acceptors (Lipinski definition) is 13. The maximum atomic E-state index is 16.5. The molecule has 2 rings (SSSR count). The minimum absolute atomic E-state index is 0.0288. The molecule has 0 aromatic carbocycles. The van der Waals surface area contributed by atoms with Gasteiger partial charge in [-0.05, 0) is 73.5 Å². The lowest BCUT2D eigenvalue weighted by atomic mass is 9.76. The molecule has 1 aromatic heterocycles. The Kier molecular flexibility index (Phi) is 16.1. The van der Waals surface area contributed by atoms with Crippen molar-refractivity contribution in [2.75, 3.05) is 27.8 Å². The second kappa shape index (κ2) is 18.8. The number of ether oxygens (including phenoxy) is 6. The highest BCUT2D eigenvalue weighted by Crippen LogP contribution is 2.38. The molecule has 1 aromatic rings. The van der Waals surface area contributed by atoms with Gasteiger partial charge < -0.3 is 33.3 Å².